The lowest BCUT2D eigenvalue weighted by Gasteiger charge is -2.28. The van der Waals surface area contributed by atoms with Gasteiger partial charge in [0.25, 0.3) is 0 Å². The Morgan fingerprint density at radius 1 is 0.862 bits per heavy atom. The Bertz CT molecular complexity index is 436. The molecule has 4 nitrogen and oxygen atoms in total. The lowest BCUT2D eigenvalue weighted by atomic mass is 10.1. The molecule has 0 saturated heterocycles. The van der Waals surface area contributed by atoms with Crippen LogP contribution in [0.2, 0.25) is 0 Å². The van der Waals surface area contributed by atoms with Crippen LogP contribution >= 0.6 is 0 Å². The van der Waals surface area contributed by atoms with E-state index in [1.54, 1.807) is 0 Å². The van der Waals surface area contributed by atoms with Crippen LogP contribution in [0.4, 0.5) is 0 Å². The molecular weight excluding hydrogens is 358 g/mol. The molecule has 0 aromatic heterocycles. The predicted octanol–water partition coefficient (Wildman–Crippen LogP) is 6.83. The van der Waals surface area contributed by atoms with Gasteiger partial charge in [0.15, 0.2) is 0 Å². The van der Waals surface area contributed by atoms with Crippen LogP contribution in [0.1, 0.15) is 130 Å². The summed E-state index contributed by atoms with van der Waals surface area (Å²) in [6.45, 7) is 8.46. The summed E-state index contributed by atoms with van der Waals surface area (Å²) in [6.07, 6.45) is 21.3. The highest BCUT2D eigenvalue weighted by atomic mass is 16.1. The van der Waals surface area contributed by atoms with Crippen LogP contribution in [-0.4, -0.2) is 35.9 Å². The molecule has 1 rings (SSSR count). The second kappa shape index (κ2) is 17.8. The van der Waals surface area contributed by atoms with E-state index in [1.165, 1.54) is 95.7 Å². The number of amidine groups is 1. The standard InChI is InChI=1S/C25H49N3O/c1-4-6-8-10-12-13-14-16-18-20-25(29)27-23(3)28-22-21-26-24(28)19-17-15-11-9-7-5-2/h23H,4-22H2,1-3H3,(H,27,29). The maximum atomic E-state index is 12.3. The SMILES string of the molecule is CCCCCCCCCCCC(=O)NC(C)N1CCN=C1CCCCCCCC. The molecule has 4 heteroatoms. The highest BCUT2D eigenvalue weighted by Crippen LogP contribution is 2.14. The van der Waals surface area contributed by atoms with Gasteiger partial charge < -0.3 is 10.2 Å². The van der Waals surface area contributed by atoms with E-state index in [2.05, 4.69) is 31.0 Å². The predicted molar refractivity (Wildman–Crippen MR) is 126 cm³/mol. The second-order valence-electron chi connectivity index (χ2n) is 8.83. The fourth-order valence-electron chi connectivity index (χ4n) is 4.19. The van der Waals surface area contributed by atoms with Crippen LogP contribution in [0.25, 0.3) is 0 Å². The maximum absolute atomic E-state index is 12.3. The third-order valence-corrected chi connectivity index (χ3v) is 6.07. The summed E-state index contributed by atoms with van der Waals surface area (Å²) >= 11 is 0. The van der Waals surface area contributed by atoms with Gasteiger partial charge in [0.05, 0.1) is 12.7 Å². The van der Waals surface area contributed by atoms with E-state index >= 15 is 0 Å². The molecule has 1 unspecified atom stereocenters. The van der Waals surface area contributed by atoms with E-state index in [1.807, 2.05) is 0 Å². The van der Waals surface area contributed by atoms with Gasteiger partial charge in [-0.15, -0.1) is 0 Å². The number of unbranched alkanes of at least 4 members (excludes halogenated alkanes) is 13. The molecule has 170 valence electrons. The van der Waals surface area contributed by atoms with Crippen molar-refractivity contribution in [2.75, 3.05) is 13.1 Å². The number of carbonyl (C=O) groups excluding carboxylic acids is 1. The Morgan fingerprint density at radius 2 is 1.38 bits per heavy atom. The van der Waals surface area contributed by atoms with E-state index in [9.17, 15) is 4.79 Å². The van der Waals surface area contributed by atoms with Crippen molar-refractivity contribution in [3.63, 3.8) is 0 Å². The first-order valence-corrected chi connectivity index (χ1v) is 12.8. The molecule has 0 spiro atoms. The van der Waals surface area contributed by atoms with E-state index in [4.69, 9.17) is 4.99 Å². The van der Waals surface area contributed by atoms with Crippen molar-refractivity contribution in [2.24, 2.45) is 4.99 Å². The van der Waals surface area contributed by atoms with Crippen molar-refractivity contribution in [3.05, 3.63) is 0 Å². The van der Waals surface area contributed by atoms with Gasteiger partial charge in [0.2, 0.25) is 5.91 Å². The molecule has 0 saturated carbocycles. The van der Waals surface area contributed by atoms with Gasteiger partial charge in [0.1, 0.15) is 5.84 Å². The van der Waals surface area contributed by atoms with Crippen molar-refractivity contribution < 1.29 is 4.79 Å². The summed E-state index contributed by atoms with van der Waals surface area (Å²) in [4.78, 5) is 19.3. The molecular formula is C25H49N3O. The van der Waals surface area contributed by atoms with Crippen molar-refractivity contribution >= 4 is 11.7 Å². The van der Waals surface area contributed by atoms with Gasteiger partial charge in [-0.05, 0) is 19.8 Å². The summed E-state index contributed by atoms with van der Waals surface area (Å²) in [5.41, 5.74) is 0. The first kappa shape index (κ1) is 26.0. The third kappa shape index (κ3) is 13.0. The molecule has 0 bridgehead atoms. The van der Waals surface area contributed by atoms with Crippen LogP contribution in [0.5, 0.6) is 0 Å². The van der Waals surface area contributed by atoms with Crippen molar-refractivity contribution in [1.82, 2.24) is 10.2 Å². The molecule has 0 aliphatic carbocycles. The van der Waals surface area contributed by atoms with Crippen LogP contribution in [-0.2, 0) is 4.79 Å². The molecule has 1 atom stereocenters. The molecule has 29 heavy (non-hydrogen) atoms. The highest BCUT2D eigenvalue weighted by Gasteiger charge is 2.22. The van der Waals surface area contributed by atoms with Gasteiger partial charge >= 0.3 is 0 Å². The minimum absolute atomic E-state index is 0.0717. The van der Waals surface area contributed by atoms with Crippen LogP contribution in [0, 0.1) is 0 Å². The zero-order chi connectivity index (χ0) is 21.2. The Kier molecular flexibility index (Phi) is 15.9. The fourth-order valence-corrected chi connectivity index (χ4v) is 4.19. The summed E-state index contributed by atoms with van der Waals surface area (Å²) < 4.78 is 0. The van der Waals surface area contributed by atoms with E-state index < -0.39 is 0 Å². The van der Waals surface area contributed by atoms with E-state index in [0.717, 1.165) is 25.9 Å². The number of nitrogens with one attached hydrogen (secondary N) is 1. The number of nitrogens with zero attached hydrogens (tertiary/aromatic N) is 2. The van der Waals surface area contributed by atoms with Gasteiger partial charge in [-0.2, -0.15) is 0 Å². The Balaban J connectivity index is 2.08. The zero-order valence-electron chi connectivity index (χ0n) is 19.8. The van der Waals surface area contributed by atoms with Gasteiger partial charge in [-0.3, -0.25) is 9.79 Å². The summed E-state index contributed by atoms with van der Waals surface area (Å²) in [7, 11) is 0. The highest BCUT2D eigenvalue weighted by molar-refractivity contribution is 5.84. The topological polar surface area (TPSA) is 44.7 Å². The summed E-state index contributed by atoms with van der Waals surface area (Å²) in [6, 6.07) is 0. The molecule has 0 radical (unpaired) electrons. The number of hydrogen-bond acceptors (Lipinski definition) is 3. The lowest BCUT2D eigenvalue weighted by Crippen LogP contribution is -2.47. The first-order chi connectivity index (χ1) is 14.2. The molecule has 0 fully saturated rings. The van der Waals surface area contributed by atoms with Crippen molar-refractivity contribution in [1.29, 1.82) is 0 Å². The number of rotatable bonds is 19. The van der Waals surface area contributed by atoms with Crippen molar-refractivity contribution in [3.8, 4) is 0 Å². The number of hydrogen-bond donors (Lipinski definition) is 1. The zero-order valence-corrected chi connectivity index (χ0v) is 19.8. The molecule has 1 aliphatic rings. The Hall–Kier alpha value is -1.06. The largest absolute Gasteiger partial charge is 0.338 e. The fraction of sp³-hybridized carbons (Fsp3) is 0.920. The van der Waals surface area contributed by atoms with Crippen molar-refractivity contribution in [2.45, 2.75) is 136 Å². The third-order valence-electron chi connectivity index (χ3n) is 6.07. The monoisotopic (exact) mass is 407 g/mol. The Morgan fingerprint density at radius 3 is 1.97 bits per heavy atom. The lowest BCUT2D eigenvalue weighted by molar-refractivity contribution is -0.122. The van der Waals surface area contributed by atoms with Gasteiger partial charge in [-0.1, -0.05) is 97.3 Å². The first-order valence-electron chi connectivity index (χ1n) is 12.8. The van der Waals surface area contributed by atoms with E-state index in [0.29, 0.717) is 6.42 Å². The van der Waals surface area contributed by atoms with Crippen LogP contribution in [0.15, 0.2) is 4.99 Å². The average Bonchev–Trinajstić information content (AvgIpc) is 3.18. The quantitative estimate of drug-likeness (QED) is 0.238. The van der Waals surface area contributed by atoms with Crippen LogP contribution < -0.4 is 5.32 Å². The Labute approximate surface area is 181 Å². The number of aliphatic imine (C=N–C) groups is 1. The molecule has 1 N–H and O–H groups in total. The minimum Gasteiger partial charge on any atom is -0.338 e. The molecule has 1 amide bonds. The van der Waals surface area contributed by atoms with Gasteiger partial charge in [-0.25, -0.2) is 0 Å². The molecule has 0 aromatic rings. The molecule has 1 heterocycles. The number of amides is 1. The smallest absolute Gasteiger partial charge is 0.221 e. The van der Waals surface area contributed by atoms with Gasteiger partial charge in [0, 0.05) is 19.4 Å². The maximum Gasteiger partial charge on any atom is 0.221 e. The van der Waals surface area contributed by atoms with Crippen LogP contribution in [0.3, 0.4) is 0 Å². The summed E-state index contributed by atoms with van der Waals surface area (Å²) in [5, 5.41) is 3.20. The van der Waals surface area contributed by atoms with E-state index in [-0.39, 0.29) is 12.1 Å². The molecule has 1 aliphatic heterocycles. The summed E-state index contributed by atoms with van der Waals surface area (Å²) in [5.74, 6) is 1.41. The minimum atomic E-state index is 0.0717. The normalized spacial score (nSPS) is 14.9. The average molecular weight is 408 g/mol. The number of carbonyl (C=O) groups is 1. The molecule has 0 aromatic carbocycles. The second-order valence-corrected chi connectivity index (χ2v) is 8.83.